The summed E-state index contributed by atoms with van der Waals surface area (Å²) in [6.45, 7) is 6.00. The maximum absolute atomic E-state index is 12.5. The van der Waals surface area contributed by atoms with Crippen LogP contribution >= 0.6 is 0 Å². The Kier molecular flexibility index (Phi) is 5.62. The minimum absolute atomic E-state index is 0.0130. The predicted octanol–water partition coefficient (Wildman–Crippen LogP) is 1.10. The standard InChI is InChI=1S/C15H19N3O4/c1-2-7-17(15(19)14-10-16-6-8-22-14)11-12-4-3-5-13(9-12)18(20)21/h2-5,9,14,16H,1,6-8,10-11H2. The molecule has 1 aliphatic rings. The lowest BCUT2D eigenvalue weighted by Gasteiger charge is -2.29. The van der Waals surface area contributed by atoms with Gasteiger partial charge in [0.05, 0.1) is 11.5 Å². The second-order valence-electron chi connectivity index (χ2n) is 5.00. The lowest BCUT2D eigenvalue weighted by atomic mass is 10.1. The summed E-state index contributed by atoms with van der Waals surface area (Å²) in [5.41, 5.74) is 0.715. The lowest BCUT2D eigenvalue weighted by molar-refractivity contribution is -0.384. The normalized spacial score (nSPS) is 17.7. The lowest BCUT2D eigenvalue weighted by Crippen LogP contribution is -2.49. The summed E-state index contributed by atoms with van der Waals surface area (Å²) >= 11 is 0. The van der Waals surface area contributed by atoms with Crippen molar-refractivity contribution in [1.29, 1.82) is 0 Å². The number of amides is 1. The fourth-order valence-electron chi connectivity index (χ4n) is 2.30. The summed E-state index contributed by atoms with van der Waals surface area (Å²) < 4.78 is 5.47. The first-order valence-electron chi connectivity index (χ1n) is 7.07. The maximum atomic E-state index is 12.5. The van der Waals surface area contributed by atoms with Crippen LogP contribution in [0.2, 0.25) is 0 Å². The summed E-state index contributed by atoms with van der Waals surface area (Å²) in [5, 5.41) is 13.9. The molecule has 1 heterocycles. The van der Waals surface area contributed by atoms with Crippen LogP contribution in [0.1, 0.15) is 5.56 Å². The van der Waals surface area contributed by atoms with Gasteiger partial charge in [-0.05, 0) is 5.56 Å². The fraction of sp³-hybridized carbons (Fsp3) is 0.400. The van der Waals surface area contributed by atoms with Gasteiger partial charge in [0, 0.05) is 38.3 Å². The van der Waals surface area contributed by atoms with E-state index in [1.165, 1.54) is 12.1 Å². The molecule has 0 spiro atoms. The summed E-state index contributed by atoms with van der Waals surface area (Å²) in [7, 11) is 0. The third-order valence-electron chi connectivity index (χ3n) is 3.36. The summed E-state index contributed by atoms with van der Waals surface area (Å²) in [5.74, 6) is -0.140. The smallest absolute Gasteiger partial charge is 0.269 e. The Morgan fingerprint density at radius 2 is 2.41 bits per heavy atom. The van der Waals surface area contributed by atoms with Crippen LogP contribution in [0.25, 0.3) is 0 Å². The van der Waals surface area contributed by atoms with E-state index < -0.39 is 11.0 Å². The summed E-state index contributed by atoms with van der Waals surface area (Å²) in [6, 6.07) is 6.28. The Bertz CT molecular complexity index is 555. The van der Waals surface area contributed by atoms with Crippen molar-refractivity contribution >= 4 is 11.6 Å². The Hall–Kier alpha value is -2.25. The van der Waals surface area contributed by atoms with E-state index in [0.29, 0.717) is 25.3 Å². The number of hydrogen-bond donors (Lipinski definition) is 1. The van der Waals surface area contributed by atoms with E-state index in [1.54, 1.807) is 23.1 Å². The molecule has 22 heavy (non-hydrogen) atoms. The Labute approximate surface area is 128 Å². The highest BCUT2D eigenvalue weighted by molar-refractivity contribution is 5.81. The van der Waals surface area contributed by atoms with Crippen molar-refractivity contribution in [3.8, 4) is 0 Å². The van der Waals surface area contributed by atoms with Crippen molar-refractivity contribution in [2.45, 2.75) is 12.6 Å². The van der Waals surface area contributed by atoms with Crippen LogP contribution < -0.4 is 5.32 Å². The van der Waals surface area contributed by atoms with Crippen LogP contribution in [-0.2, 0) is 16.1 Å². The summed E-state index contributed by atoms with van der Waals surface area (Å²) in [4.78, 5) is 24.5. The van der Waals surface area contributed by atoms with E-state index >= 15 is 0 Å². The number of ether oxygens (including phenoxy) is 1. The fourth-order valence-corrected chi connectivity index (χ4v) is 2.30. The average Bonchev–Trinajstić information content (AvgIpc) is 2.55. The predicted molar refractivity (Wildman–Crippen MR) is 81.3 cm³/mol. The molecule has 1 aromatic carbocycles. The van der Waals surface area contributed by atoms with Crippen molar-refractivity contribution in [2.75, 3.05) is 26.2 Å². The number of nitrogens with one attached hydrogen (secondary N) is 1. The number of nitrogens with zero attached hydrogens (tertiary/aromatic N) is 2. The number of non-ortho nitro benzene ring substituents is 1. The molecule has 118 valence electrons. The van der Waals surface area contributed by atoms with Gasteiger partial charge in [0.15, 0.2) is 0 Å². The van der Waals surface area contributed by atoms with E-state index in [2.05, 4.69) is 11.9 Å². The number of carbonyl (C=O) groups is 1. The Morgan fingerprint density at radius 3 is 3.05 bits per heavy atom. The molecule has 0 aromatic heterocycles. The molecule has 1 N–H and O–H groups in total. The van der Waals surface area contributed by atoms with Crippen LogP contribution in [0.5, 0.6) is 0 Å². The van der Waals surface area contributed by atoms with Crippen LogP contribution in [0.15, 0.2) is 36.9 Å². The highest BCUT2D eigenvalue weighted by Gasteiger charge is 2.26. The third kappa shape index (κ3) is 4.12. The van der Waals surface area contributed by atoms with Gasteiger partial charge in [0.25, 0.3) is 11.6 Å². The molecule has 1 fully saturated rings. The Balaban J connectivity index is 2.10. The molecule has 0 saturated carbocycles. The van der Waals surface area contributed by atoms with Crippen molar-refractivity contribution in [2.24, 2.45) is 0 Å². The number of hydrogen-bond acceptors (Lipinski definition) is 5. The third-order valence-corrected chi connectivity index (χ3v) is 3.36. The molecule has 1 amide bonds. The number of morpholine rings is 1. The van der Waals surface area contributed by atoms with Crippen LogP contribution in [-0.4, -0.2) is 48.1 Å². The molecule has 0 aliphatic carbocycles. The average molecular weight is 305 g/mol. The molecular weight excluding hydrogens is 286 g/mol. The molecule has 1 aliphatic heterocycles. The monoisotopic (exact) mass is 305 g/mol. The topological polar surface area (TPSA) is 84.7 Å². The largest absolute Gasteiger partial charge is 0.366 e. The number of benzene rings is 1. The highest BCUT2D eigenvalue weighted by Crippen LogP contribution is 2.16. The van der Waals surface area contributed by atoms with Crippen molar-refractivity contribution < 1.29 is 14.5 Å². The van der Waals surface area contributed by atoms with Crippen LogP contribution in [0.4, 0.5) is 5.69 Å². The van der Waals surface area contributed by atoms with Gasteiger partial charge in [-0.2, -0.15) is 0 Å². The van der Waals surface area contributed by atoms with Gasteiger partial charge in [0.2, 0.25) is 0 Å². The summed E-state index contributed by atoms with van der Waals surface area (Å²) in [6.07, 6.45) is 1.11. The van der Waals surface area contributed by atoms with Gasteiger partial charge >= 0.3 is 0 Å². The number of carbonyl (C=O) groups excluding carboxylic acids is 1. The molecule has 2 rings (SSSR count). The molecule has 1 unspecified atom stereocenters. The zero-order valence-corrected chi connectivity index (χ0v) is 12.2. The Morgan fingerprint density at radius 1 is 1.59 bits per heavy atom. The van der Waals surface area contributed by atoms with Gasteiger partial charge in [-0.15, -0.1) is 6.58 Å². The molecule has 7 nitrogen and oxygen atoms in total. The highest BCUT2D eigenvalue weighted by atomic mass is 16.6. The van der Waals surface area contributed by atoms with Crippen LogP contribution in [0.3, 0.4) is 0 Å². The van der Waals surface area contributed by atoms with Crippen molar-refractivity contribution in [3.05, 3.63) is 52.6 Å². The van der Waals surface area contributed by atoms with Gasteiger partial charge in [-0.25, -0.2) is 0 Å². The maximum Gasteiger partial charge on any atom is 0.269 e. The molecule has 1 atom stereocenters. The zero-order chi connectivity index (χ0) is 15.9. The molecule has 1 saturated heterocycles. The minimum atomic E-state index is -0.521. The van der Waals surface area contributed by atoms with Crippen LogP contribution in [0, 0.1) is 10.1 Å². The van der Waals surface area contributed by atoms with E-state index in [1.807, 2.05) is 0 Å². The zero-order valence-electron chi connectivity index (χ0n) is 12.2. The first-order chi connectivity index (χ1) is 10.6. The second kappa shape index (κ2) is 7.67. The molecule has 7 heteroatoms. The number of nitro benzene ring substituents is 1. The molecule has 0 bridgehead atoms. The van der Waals surface area contributed by atoms with E-state index in [0.717, 1.165) is 6.54 Å². The molecular formula is C15H19N3O4. The van der Waals surface area contributed by atoms with E-state index in [-0.39, 0.29) is 18.1 Å². The van der Waals surface area contributed by atoms with Gasteiger partial charge < -0.3 is 15.0 Å². The number of nitro groups is 1. The quantitative estimate of drug-likeness (QED) is 0.483. The first-order valence-corrected chi connectivity index (χ1v) is 7.07. The van der Waals surface area contributed by atoms with Gasteiger partial charge in [-0.3, -0.25) is 14.9 Å². The number of rotatable bonds is 6. The van der Waals surface area contributed by atoms with E-state index in [9.17, 15) is 14.9 Å². The van der Waals surface area contributed by atoms with E-state index in [4.69, 9.17) is 4.74 Å². The first kappa shape index (κ1) is 16.1. The minimum Gasteiger partial charge on any atom is -0.366 e. The second-order valence-corrected chi connectivity index (χ2v) is 5.00. The van der Waals surface area contributed by atoms with Crippen molar-refractivity contribution in [1.82, 2.24) is 10.2 Å². The molecule has 1 aromatic rings. The van der Waals surface area contributed by atoms with Gasteiger partial charge in [0.1, 0.15) is 6.10 Å². The SMILES string of the molecule is C=CCN(Cc1cccc([N+](=O)[O-])c1)C(=O)C1CNCCO1. The van der Waals surface area contributed by atoms with Crippen molar-refractivity contribution in [3.63, 3.8) is 0 Å². The van der Waals surface area contributed by atoms with Gasteiger partial charge in [-0.1, -0.05) is 18.2 Å². The molecule has 0 radical (unpaired) electrons.